The number of aryl methyl sites for hydroxylation is 1. The summed E-state index contributed by atoms with van der Waals surface area (Å²) in [7, 11) is -3.18. The van der Waals surface area contributed by atoms with E-state index in [0.29, 0.717) is 22.8 Å². The molecule has 0 spiro atoms. The Kier molecular flexibility index (Phi) is 6.25. The van der Waals surface area contributed by atoms with Crippen molar-refractivity contribution in [2.45, 2.75) is 25.9 Å². The zero-order valence-electron chi connectivity index (χ0n) is 15.4. The van der Waals surface area contributed by atoms with E-state index in [2.05, 4.69) is 0 Å². The Labute approximate surface area is 169 Å². The third-order valence-electron chi connectivity index (χ3n) is 4.70. The summed E-state index contributed by atoms with van der Waals surface area (Å²) < 4.78 is 42.9. The maximum atomic E-state index is 13.5. The number of sulfone groups is 1. The van der Waals surface area contributed by atoms with Crippen LogP contribution in [0.25, 0.3) is 0 Å². The number of halogens is 2. The average Bonchev–Trinajstić information content (AvgIpc) is 2.98. The molecule has 1 saturated heterocycles. The van der Waals surface area contributed by atoms with Crippen LogP contribution in [0.2, 0.25) is 5.02 Å². The van der Waals surface area contributed by atoms with Gasteiger partial charge in [-0.1, -0.05) is 23.7 Å². The Morgan fingerprint density at radius 2 is 2.07 bits per heavy atom. The van der Waals surface area contributed by atoms with Crippen LogP contribution in [0.15, 0.2) is 42.5 Å². The lowest BCUT2D eigenvalue weighted by Crippen LogP contribution is -2.43. The van der Waals surface area contributed by atoms with Crippen molar-refractivity contribution in [2.75, 3.05) is 18.1 Å². The Morgan fingerprint density at radius 1 is 1.29 bits per heavy atom. The van der Waals surface area contributed by atoms with E-state index in [0.717, 1.165) is 5.56 Å². The molecule has 1 aliphatic rings. The smallest absolute Gasteiger partial charge is 0.261 e. The molecule has 0 unspecified atom stereocenters. The maximum Gasteiger partial charge on any atom is 0.261 e. The van der Waals surface area contributed by atoms with Crippen molar-refractivity contribution in [3.05, 3.63) is 64.4 Å². The first-order valence-corrected chi connectivity index (χ1v) is 11.1. The van der Waals surface area contributed by atoms with Gasteiger partial charge in [0.05, 0.1) is 11.5 Å². The van der Waals surface area contributed by atoms with Gasteiger partial charge in [-0.2, -0.15) is 0 Å². The SMILES string of the molecule is Cc1cc(Cl)ccc1OCC(=O)N(Cc1cccc(F)c1)[C@H]1CCS(=O)(=O)C1. The number of ether oxygens (including phenoxy) is 1. The molecule has 1 fully saturated rings. The Morgan fingerprint density at radius 3 is 2.71 bits per heavy atom. The van der Waals surface area contributed by atoms with E-state index in [1.54, 1.807) is 30.3 Å². The van der Waals surface area contributed by atoms with Gasteiger partial charge in [-0.05, 0) is 54.8 Å². The Hall–Kier alpha value is -2.12. The van der Waals surface area contributed by atoms with E-state index >= 15 is 0 Å². The topological polar surface area (TPSA) is 63.7 Å². The largest absolute Gasteiger partial charge is 0.483 e. The number of carbonyl (C=O) groups excluding carboxylic acids is 1. The molecule has 0 N–H and O–H groups in total. The number of hydrogen-bond acceptors (Lipinski definition) is 4. The van der Waals surface area contributed by atoms with Crippen LogP contribution in [0.4, 0.5) is 4.39 Å². The molecule has 1 heterocycles. The molecule has 0 radical (unpaired) electrons. The second-order valence-corrected chi connectivity index (χ2v) is 9.57. The van der Waals surface area contributed by atoms with Gasteiger partial charge in [0.15, 0.2) is 16.4 Å². The summed E-state index contributed by atoms with van der Waals surface area (Å²) in [5.41, 5.74) is 1.39. The Balaban J connectivity index is 1.76. The molecule has 0 aromatic heterocycles. The zero-order valence-corrected chi connectivity index (χ0v) is 17.0. The summed E-state index contributed by atoms with van der Waals surface area (Å²) in [5, 5.41) is 0.570. The van der Waals surface area contributed by atoms with E-state index in [1.165, 1.54) is 17.0 Å². The number of nitrogens with zero attached hydrogens (tertiary/aromatic N) is 1. The van der Waals surface area contributed by atoms with Crippen molar-refractivity contribution >= 4 is 27.3 Å². The maximum absolute atomic E-state index is 13.5. The van der Waals surface area contributed by atoms with Crippen molar-refractivity contribution in [2.24, 2.45) is 0 Å². The molecule has 5 nitrogen and oxygen atoms in total. The highest BCUT2D eigenvalue weighted by molar-refractivity contribution is 7.91. The van der Waals surface area contributed by atoms with Gasteiger partial charge < -0.3 is 9.64 Å². The molecule has 3 rings (SSSR count). The van der Waals surface area contributed by atoms with Gasteiger partial charge >= 0.3 is 0 Å². The van der Waals surface area contributed by atoms with Crippen LogP contribution < -0.4 is 4.74 Å². The van der Waals surface area contributed by atoms with E-state index in [4.69, 9.17) is 16.3 Å². The highest BCUT2D eigenvalue weighted by Crippen LogP contribution is 2.23. The molecule has 8 heteroatoms. The predicted molar refractivity (Wildman–Crippen MR) is 106 cm³/mol. The second-order valence-electron chi connectivity index (χ2n) is 6.91. The van der Waals surface area contributed by atoms with E-state index in [9.17, 15) is 17.6 Å². The van der Waals surface area contributed by atoms with Gasteiger partial charge in [-0.15, -0.1) is 0 Å². The predicted octanol–water partition coefficient (Wildman–Crippen LogP) is 3.38. The molecule has 1 aliphatic heterocycles. The van der Waals surface area contributed by atoms with Gasteiger partial charge in [0.1, 0.15) is 11.6 Å². The Bertz CT molecular complexity index is 980. The summed E-state index contributed by atoms with van der Waals surface area (Å²) in [6.45, 7) is 1.70. The molecule has 0 saturated carbocycles. The lowest BCUT2D eigenvalue weighted by Gasteiger charge is -2.28. The van der Waals surface area contributed by atoms with E-state index in [1.807, 2.05) is 6.92 Å². The first kappa shape index (κ1) is 20.6. The van der Waals surface area contributed by atoms with E-state index < -0.39 is 21.7 Å². The fraction of sp³-hybridized carbons (Fsp3) is 0.350. The van der Waals surface area contributed by atoms with Crippen LogP contribution in [0.5, 0.6) is 5.75 Å². The summed E-state index contributed by atoms with van der Waals surface area (Å²) in [6.07, 6.45) is 0.364. The molecule has 2 aromatic rings. The van der Waals surface area contributed by atoms with E-state index in [-0.39, 0.29) is 30.6 Å². The summed E-state index contributed by atoms with van der Waals surface area (Å²) in [4.78, 5) is 14.3. The van der Waals surface area contributed by atoms with Crippen molar-refractivity contribution in [1.82, 2.24) is 4.90 Å². The van der Waals surface area contributed by atoms with Gasteiger partial charge in [0, 0.05) is 17.6 Å². The minimum absolute atomic E-state index is 0.0434. The molecule has 2 aromatic carbocycles. The van der Waals surface area contributed by atoms with Crippen molar-refractivity contribution in [3.8, 4) is 5.75 Å². The normalized spacial score (nSPS) is 18.0. The fourth-order valence-electron chi connectivity index (χ4n) is 3.27. The molecule has 1 atom stereocenters. The molecule has 0 aliphatic carbocycles. The monoisotopic (exact) mass is 425 g/mol. The van der Waals surface area contributed by atoms with Crippen LogP contribution in [0.3, 0.4) is 0 Å². The summed E-state index contributed by atoms with van der Waals surface area (Å²) in [5.74, 6) is -0.268. The number of rotatable bonds is 6. The third kappa shape index (κ3) is 5.23. The first-order chi connectivity index (χ1) is 13.2. The van der Waals surface area contributed by atoms with Gasteiger partial charge in [-0.3, -0.25) is 4.79 Å². The van der Waals surface area contributed by atoms with Crippen LogP contribution >= 0.6 is 11.6 Å². The molecule has 150 valence electrons. The number of hydrogen-bond donors (Lipinski definition) is 0. The molecule has 1 amide bonds. The number of carbonyl (C=O) groups is 1. The standard InChI is InChI=1S/C20H21ClFNO4S/c1-14-9-16(21)5-6-19(14)27-12-20(24)23(18-7-8-28(25,26)13-18)11-15-3-2-4-17(22)10-15/h2-6,9-10,18H,7-8,11-13H2,1H3/t18-/m0/s1. The lowest BCUT2D eigenvalue weighted by molar-refractivity contribution is -0.136. The van der Waals surface area contributed by atoms with Crippen molar-refractivity contribution in [1.29, 1.82) is 0 Å². The minimum Gasteiger partial charge on any atom is -0.483 e. The third-order valence-corrected chi connectivity index (χ3v) is 6.69. The van der Waals surface area contributed by atoms with Crippen LogP contribution in [0, 0.1) is 12.7 Å². The minimum atomic E-state index is -3.18. The number of benzene rings is 2. The quantitative estimate of drug-likeness (QED) is 0.711. The van der Waals surface area contributed by atoms with Crippen molar-refractivity contribution < 1.29 is 22.3 Å². The van der Waals surface area contributed by atoms with Crippen LogP contribution in [-0.4, -0.2) is 43.4 Å². The highest BCUT2D eigenvalue weighted by atomic mass is 35.5. The van der Waals surface area contributed by atoms with Crippen LogP contribution in [-0.2, 0) is 21.2 Å². The van der Waals surface area contributed by atoms with Gasteiger partial charge in [0.2, 0.25) is 0 Å². The summed E-state index contributed by atoms with van der Waals surface area (Å²) in [6, 6.07) is 10.6. The number of amides is 1. The molecular formula is C20H21ClFNO4S. The lowest BCUT2D eigenvalue weighted by atomic mass is 10.1. The summed E-state index contributed by atoms with van der Waals surface area (Å²) >= 11 is 5.93. The molecular weight excluding hydrogens is 405 g/mol. The second kappa shape index (κ2) is 8.49. The van der Waals surface area contributed by atoms with Crippen LogP contribution in [0.1, 0.15) is 17.5 Å². The zero-order chi connectivity index (χ0) is 20.3. The highest BCUT2D eigenvalue weighted by Gasteiger charge is 2.34. The van der Waals surface area contributed by atoms with Gasteiger partial charge in [-0.25, -0.2) is 12.8 Å². The average molecular weight is 426 g/mol. The van der Waals surface area contributed by atoms with Gasteiger partial charge in [0.25, 0.3) is 5.91 Å². The van der Waals surface area contributed by atoms with Crippen molar-refractivity contribution in [3.63, 3.8) is 0 Å². The molecule has 28 heavy (non-hydrogen) atoms. The fourth-order valence-corrected chi connectivity index (χ4v) is 5.23. The first-order valence-electron chi connectivity index (χ1n) is 8.87. The molecule has 0 bridgehead atoms.